The fraction of sp³-hybridized carbons (Fsp3) is 0.125. The molecule has 0 saturated heterocycles. The summed E-state index contributed by atoms with van der Waals surface area (Å²) in [5, 5.41) is 4.59. The minimum atomic E-state index is -0.463. The molecule has 0 bridgehead atoms. The van der Waals surface area contributed by atoms with Crippen LogP contribution in [0.5, 0.6) is 0 Å². The summed E-state index contributed by atoms with van der Waals surface area (Å²) in [7, 11) is 0. The van der Waals surface area contributed by atoms with Gasteiger partial charge in [-0.25, -0.2) is 9.48 Å². The normalized spacial score (nSPS) is 13.8. The third kappa shape index (κ3) is 2.43. The van der Waals surface area contributed by atoms with Crippen LogP contribution < -0.4 is 5.69 Å². The quantitative estimate of drug-likeness (QED) is 0.655. The lowest BCUT2D eigenvalue weighted by atomic mass is 10.1. The summed E-state index contributed by atoms with van der Waals surface area (Å²) in [6.07, 6.45) is 1.60. The van der Waals surface area contributed by atoms with Crippen LogP contribution in [0.2, 0.25) is 10.0 Å². The zero-order chi connectivity index (χ0) is 17.7. The van der Waals surface area contributed by atoms with E-state index >= 15 is 0 Å². The highest BCUT2D eigenvalue weighted by molar-refractivity contribution is 6.43. The van der Waals surface area contributed by atoms with Gasteiger partial charge in [0, 0.05) is 12.7 Å². The second-order valence-corrected chi connectivity index (χ2v) is 6.32. The smallest absolute Gasteiger partial charge is 0.272 e. The summed E-state index contributed by atoms with van der Waals surface area (Å²) < 4.78 is 2.61. The molecule has 0 radical (unpaired) electrons. The fourth-order valence-electron chi connectivity index (χ4n) is 2.80. The number of fused-ring (bicyclic) bond motifs is 2. The Kier molecular flexibility index (Phi) is 3.63. The van der Waals surface area contributed by atoms with Crippen molar-refractivity contribution in [2.24, 2.45) is 0 Å². The molecule has 3 heterocycles. The van der Waals surface area contributed by atoms with E-state index in [1.165, 1.54) is 21.2 Å². The number of carbonyl (C=O) groups is 2. The second kappa shape index (κ2) is 5.72. The van der Waals surface area contributed by atoms with E-state index in [4.69, 9.17) is 23.2 Å². The van der Waals surface area contributed by atoms with Crippen molar-refractivity contribution >= 4 is 40.7 Å². The lowest BCUT2D eigenvalue weighted by Crippen LogP contribution is -2.35. The third-order valence-electron chi connectivity index (χ3n) is 4.04. The summed E-state index contributed by atoms with van der Waals surface area (Å²) >= 11 is 11.8. The number of halogens is 2. The summed E-state index contributed by atoms with van der Waals surface area (Å²) in [6.45, 7) is 0.110. The van der Waals surface area contributed by atoms with Crippen molar-refractivity contribution in [3.63, 3.8) is 0 Å². The van der Waals surface area contributed by atoms with E-state index in [0.717, 1.165) is 4.90 Å². The molecule has 0 fully saturated rings. The van der Waals surface area contributed by atoms with E-state index in [0.29, 0.717) is 5.65 Å². The van der Waals surface area contributed by atoms with Gasteiger partial charge in [-0.1, -0.05) is 29.3 Å². The van der Waals surface area contributed by atoms with E-state index in [9.17, 15) is 14.4 Å². The van der Waals surface area contributed by atoms with Crippen molar-refractivity contribution in [1.29, 1.82) is 0 Å². The van der Waals surface area contributed by atoms with E-state index in [2.05, 4.69) is 5.10 Å². The number of aromatic nitrogens is 3. The molecule has 3 aromatic rings. The van der Waals surface area contributed by atoms with Crippen LogP contribution in [0.25, 0.3) is 5.65 Å². The molecule has 2 aromatic heterocycles. The van der Waals surface area contributed by atoms with Crippen LogP contribution in [-0.4, -0.2) is 37.4 Å². The molecule has 0 saturated carbocycles. The number of hydrogen-bond donors (Lipinski definition) is 0. The predicted octanol–water partition coefficient (Wildman–Crippen LogP) is 2.10. The Hall–Kier alpha value is -2.64. The van der Waals surface area contributed by atoms with Gasteiger partial charge < -0.3 is 0 Å². The van der Waals surface area contributed by atoms with Crippen molar-refractivity contribution < 1.29 is 9.59 Å². The molecular formula is C16H10Cl2N4O3. The van der Waals surface area contributed by atoms with Gasteiger partial charge in [0.1, 0.15) is 0 Å². The molecular weight excluding hydrogens is 367 g/mol. The summed E-state index contributed by atoms with van der Waals surface area (Å²) in [5.41, 5.74) is 0.579. The minimum absolute atomic E-state index is 0.0192. The first-order valence-electron chi connectivity index (χ1n) is 7.37. The van der Waals surface area contributed by atoms with Gasteiger partial charge >= 0.3 is 5.69 Å². The molecule has 1 aromatic carbocycles. The molecule has 1 aliphatic heterocycles. The average molecular weight is 377 g/mol. The van der Waals surface area contributed by atoms with E-state index in [1.807, 2.05) is 0 Å². The van der Waals surface area contributed by atoms with Gasteiger partial charge in [-0.05, 0) is 24.3 Å². The molecule has 0 N–H and O–H groups in total. The Labute approximate surface area is 151 Å². The van der Waals surface area contributed by atoms with Crippen molar-refractivity contribution in [2.45, 2.75) is 6.54 Å². The summed E-state index contributed by atoms with van der Waals surface area (Å²) in [4.78, 5) is 38.2. The van der Waals surface area contributed by atoms with E-state index < -0.39 is 11.8 Å². The third-order valence-corrected chi connectivity index (χ3v) is 4.76. The highest BCUT2D eigenvalue weighted by Gasteiger charge is 2.36. The summed E-state index contributed by atoms with van der Waals surface area (Å²) in [5.74, 6) is -0.925. The van der Waals surface area contributed by atoms with Crippen LogP contribution >= 0.6 is 23.2 Å². The van der Waals surface area contributed by atoms with Crippen molar-refractivity contribution in [3.8, 4) is 0 Å². The first-order valence-corrected chi connectivity index (χ1v) is 8.12. The lowest BCUT2D eigenvalue weighted by Gasteiger charge is -2.12. The molecule has 0 aliphatic carbocycles. The second-order valence-electron chi connectivity index (χ2n) is 5.51. The van der Waals surface area contributed by atoms with Gasteiger partial charge in [0.05, 0.1) is 27.7 Å². The Morgan fingerprint density at radius 2 is 1.56 bits per heavy atom. The molecule has 0 atom stereocenters. The highest BCUT2D eigenvalue weighted by atomic mass is 35.5. The Morgan fingerprint density at radius 1 is 0.920 bits per heavy atom. The molecule has 1 aliphatic rings. The number of pyridine rings is 1. The number of nitrogens with zero attached hydrogens (tertiary/aromatic N) is 4. The van der Waals surface area contributed by atoms with E-state index in [1.54, 1.807) is 24.4 Å². The number of rotatable bonds is 3. The molecule has 126 valence electrons. The van der Waals surface area contributed by atoms with Crippen LogP contribution in [-0.2, 0) is 6.54 Å². The SMILES string of the molecule is O=C1c2cc(Cl)c(Cl)cc2C(=O)N1CCn1nc2ccccn2c1=O. The topological polar surface area (TPSA) is 76.7 Å². The lowest BCUT2D eigenvalue weighted by molar-refractivity contribution is 0.0647. The number of benzene rings is 1. The zero-order valence-electron chi connectivity index (χ0n) is 12.6. The van der Waals surface area contributed by atoms with Crippen molar-refractivity contribution in [2.75, 3.05) is 6.54 Å². The first kappa shape index (κ1) is 15.9. The molecule has 9 heteroatoms. The zero-order valence-corrected chi connectivity index (χ0v) is 14.2. The van der Waals surface area contributed by atoms with E-state index in [-0.39, 0.29) is 40.0 Å². The van der Waals surface area contributed by atoms with Crippen LogP contribution in [0.1, 0.15) is 20.7 Å². The average Bonchev–Trinajstić information content (AvgIpc) is 3.03. The Morgan fingerprint density at radius 3 is 2.16 bits per heavy atom. The highest BCUT2D eigenvalue weighted by Crippen LogP contribution is 2.31. The molecule has 25 heavy (non-hydrogen) atoms. The van der Waals surface area contributed by atoms with Gasteiger partial charge in [-0.15, -0.1) is 5.10 Å². The fourth-order valence-corrected chi connectivity index (χ4v) is 3.12. The van der Waals surface area contributed by atoms with Crippen LogP contribution in [0.4, 0.5) is 0 Å². The van der Waals surface area contributed by atoms with Crippen LogP contribution in [0, 0.1) is 0 Å². The maximum atomic E-state index is 12.4. The number of hydrogen-bond acceptors (Lipinski definition) is 4. The van der Waals surface area contributed by atoms with Crippen LogP contribution in [0.15, 0.2) is 41.3 Å². The van der Waals surface area contributed by atoms with Gasteiger partial charge in [-0.3, -0.25) is 18.9 Å². The van der Waals surface area contributed by atoms with Gasteiger partial charge in [0.25, 0.3) is 11.8 Å². The maximum absolute atomic E-state index is 12.4. The number of carbonyl (C=O) groups excluding carboxylic acids is 2. The maximum Gasteiger partial charge on any atom is 0.350 e. The van der Waals surface area contributed by atoms with Crippen LogP contribution in [0.3, 0.4) is 0 Å². The Balaban J connectivity index is 1.61. The van der Waals surface area contributed by atoms with Gasteiger partial charge in [-0.2, -0.15) is 0 Å². The largest absolute Gasteiger partial charge is 0.350 e. The molecule has 0 spiro atoms. The van der Waals surface area contributed by atoms with Crippen molar-refractivity contribution in [3.05, 3.63) is 68.2 Å². The Bertz CT molecular complexity index is 1060. The minimum Gasteiger partial charge on any atom is -0.272 e. The van der Waals surface area contributed by atoms with Gasteiger partial charge in [0.2, 0.25) is 0 Å². The molecule has 4 rings (SSSR count). The monoisotopic (exact) mass is 376 g/mol. The number of imide groups is 1. The van der Waals surface area contributed by atoms with Crippen molar-refractivity contribution in [1.82, 2.24) is 19.1 Å². The molecule has 2 amide bonds. The molecule has 0 unspecified atom stereocenters. The molecule has 7 nitrogen and oxygen atoms in total. The number of amides is 2. The first-order chi connectivity index (χ1) is 12.0. The predicted molar refractivity (Wildman–Crippen MR) is 91.3 cm³/mol. The summed E-state index contributed by atoms with van der Waals surface area (Å²) in [6, 6.07) is 7.96. The van der Waals surface area contributed by atoms with Gasteiger partial charge in [0.15, 0.2) is 5.65 Å². The standard InChI is InChI=1S/C16H10Cl2N4O3/c17-11-7-9-10(8-12(11)18)15(24)21(14(9)23)5-6-22-16(25)20-4-2-1-3-13(20)19-22/h1-4,7-8H,5-6H2.